The van der Waals surface area contributed by atoms with Gasteiger partial charge >= 0.3 is 0 Å². The van der Waals surface area contributed by atoms with Crippen LogP contribution in [0.15, 0.2) is 11.6 Å². The Hall–Kier alpha value is -1.43. The van der Waals surface area contributed by atoms with Gasteiger partial charge in [0.05, 0.1) is 5.01 Å². The van der Waals surface area contributed by atoms with Crippen LogP contribution in [0.1, 0.15) is 38.6 Å². The number of aromatic nitrogens is 1. The molecule has 1 aliphatic rings. The number of likely N-dealkylation sites (tertiary alicyclic amines) is 1. The minimum absolute atomic E-state index is 0.0349. The van der Waals surface area contributed by atoms with Crippen molar-refractivity contribution in [2.75, 3.05) is 26.2 Å². The smallest absolute Gasteiger partial charge is 0.225 e. The molecule has 0 radical (unpaired) electrons. The number of likely N-dealkylation sites (N-methyl/N-ethyl adjacent to an activating group) is 1. The van der Waals surface area contributed by atoms with Crippen molar-refractivity contribution in [1.29, 1.82) is 0 Å². The summed E-state index contributed by atoms with van der Waals surface area (Å²) in [5.41, 5.74) is 0. The first-order valence-corrected chi connectivity index (χ1v) is 9.36. The fourth-order valence-electron chi connectivity index (χ4n) is 3.00. The van der Waals surface area contributed by atoms with Crippen LogP contribution < -0.4 is 0 Å². The maximum absolute atomic E-state index is 12.7. The van der Waals surface area contributed by atoms with Crippen molar-refractivity contribution in [1.82, 2.24) is 14.8 Å². The molecule has 0 spiro atoms. The molecule has 2 rings (SSSR count). The topological polar surface area (TPSA) is 53.5 Å². The van der Waals surface area contributed by atoms with E-state index in [1.54, 1.807) is 17.5 Å². The van der Waals surface area contributed by atoms with Crippen molar-refractivity contribution in [2.45, 2.75) is 40.0 Å². The summed E-state index contributed by atoms with van der Waals surface area (Å²) in [6, 6.07) is 0. The maximum Gasteiger partial charge on any atom is 0.225 e. The molecule has 1 fully saturated rings. The number of thiazole rings is 1. The zero-order valence-electron chi connectivity index (χ0n) is 14.3. The van der Waals surface area contributed by atoms with Crippen molar-refractivity contribution in [2.24, 2.45) is 11.8 Å². The van der Waals surface area contributed by atoms with E-state index in [0.29, 0.717) is 13.1 Å². The van der Waals surface area contributed by atoms with E-state index in [9.17, 15) is 9.59 Å². The number of carbonyl (C=O) groups excluding carboxylic acids is 2. The van der Waals surface area contributed by atoms with E-state index in [0.717, 1.165) is 37.4 Å². The Balaban J connectivity index is 1.83. The zero-order chi connectivity index (χ0) is 16.8. The quantitative estimate of drug-likeness (QED) is 0.801. The van der Waals surface area contributed by atoms with Crippen molar-refractivity contribution < 1.29 is 9.59 Å². The Morgan fingerprint density at radius 3 is 2.61 bits per heavy atom. The molecule has 0 atom stereocenters. The predicted octanol–water partition coefficient (Wildman–Crippen LogP) is 2.43. The highest BCUT2D eigenvalue weighted by Gasteiger charge is 2.30. The fourth-order valence-corrected chi connectivity index (χ4v) is 3.61. The minimum Gasteiger partial charge on any atom is -0.342 e. The molecular weight excluding hydrogens is 310 g/mol. The van der Waals surface area contributed by atoms with Gasteiger partial charge in [0.25, 0.3) is 0 Å². The van der Waals surface area contributed by atoms with Gasteiger partial charge in [-0.1, -0.05) is 13.8 Å². The SMILES string of the molecule is CCN(CCc1nccs1)C(=O)C1CCN(C(=O)C(C)C)CC1. The lowest BCUT2D eigenvalue weighted by atomic mass is 9.94. The first-order chi connectivity index (χ1) is 11.0. The van der Waals surface area contributed by atoms with Gasteiger partial charge in [-0.3, -0.25) is 9.59 Å². The van der Waals surface area contributed by atoms with Crippen LogP contribution in [0.4, 0.5) is 0 Å². The average molecular weight is 337 g/mol. The molecule has 0 unspecified atom stereocenters. The molecule has 0 aromatic carbocycles. The van der Waals surface area contributed by atoms with Gasteiger partial charge in [0.15, 0.2) is 0 Å². The molecule has 1 aromatic rings. The van der Waals surface area contributed by atoms with E-state index in [1.165, 1.54) is 0 Å². The molecule has 1 aliphatic heterocycles. The molecule has 0 bridgehead atoms. The number of carbonyl (C=O) groups is 2. The molecule has 6 heteroatoms. The van der Waals surface area contributed by atoms with Crippen LogP contribution in [0.3, 0.4) is 0 Å². The number of piperidine rings is 1. The van der Waals surface area contributed by atoms with Gasteiger partial charge in [-0.15, -0.1) is 11.3 Å². The summed E-state index contributed by atoms with van der Waals surface area (Å²) in [5.74, 6) is 0.530. The summed E-state index contributed by atoms with van der Waals surface area (Å²) in [7, 11) is 0. The lowest BCUT2D eigenvalue weighted by molar-refractivity contribution is -0.142. The molecule has 0 saturated carbocycles. The zero-order valence-corrected chi connectivity index (χ0v) is 15.1. The highest BCUT2D eigenvalue weighted by Crippen LogP contribution is 2.21. The Morgan fingerprint density at radius 2 is 2.09 bits per heavy atom. The van der Waals surface area contributed by atoms with Crippen LogP contribution in [0.25, 0.3) is 0 Å². The third-order valence-corrected chi connectivity index (χ3v) is 5.26. The van der Waals surface area contributed by atoms with E-state index in [2.05, 4.69) is 4.98 Å². The number of rotatable bonds is 6. The minimum atomic E-state index is 0.0349. The van der Waals surface area contributed by atoms with E-state index < -0.39 is 0 Å². The van der Waals surface area contributed by atoms with Crippen LogP contribution in [0, 0.1) is 11.8 Å². The van der Waals surface area contributed by atoms with Crippen molar-refractivity contribution >= 4 is 23.2 Å². The van der Waals surface area contributed by atoms with Gasteiger partial charge in [-0.25, -0.2) is 4.98 Å². The molecule has 23 heavy (non-hydrogen) atoms. The molecular formula is C17H27N3O2S. The highest BCUT2D eigenvalue weighted by molar-refractivity contribution is 7.09. The average Bonchev–Trinajstić information content (AvgIpc) is 3.08. The van der Waals surface area contributed by atoms with Gasteiger partial charge in [0.2, 0.25) is 11.8 Å². The monoisotopic (exact) mass is 337 g/mol. The second-order valence-corrected chi connectivity index (χ2v) is 7.33. The molecule has 2 heterocycles. The largest absolute Gasteiger partial charge is 0.342 e. The second-order valence-electron chi connectivity index (χ2n) is 6.35. The number of amides is 2. The number of hydrogen-bond donors (Lipinski definition) is 0. The maximum atomic E-state index is 12.7. The lowest BCUT2D eigenvalue weighted by Gasteiger charge is -2.34. The van der Waals surface area contributed by atoms with Crippen molar-refractivity contribution in [3.05, 3.63) is 16.6 Å². The van der Waals surface area contributed by atoms with E-state index in [-0.39, 0.29) is 23.7 Å². The van der Waals surface area contributed by atoms with Crippen LogP contribution in [0.5, 0.6) is 0 Å². The summed E-state index contributed by atoms with van der Waals surface area (Å²) in [5, 5.41) is 3.04. The first-order valence-electron chi connectivity index (χ1n) is 8.48. The molecule has 1 aromatic heterocycles. The van der Waals surface area contributed by atoms with Gasteiger partial charge in [0, 0.05) is 56.0 Å². The Bertz CT molecular complexity index is 508. The van der Waals surface area contributed by atoms with Crippen LogP contribution in [-0.4, -0.2) is 52.8 Å². The van der Waals surface area contributed by atoms with Gasteiger partial charge in [-0.2, -0.15) is 0 Å². The molecule has 0 N–H and O–H groups in total. The molecule has 0 aliphatic carbocycles. The number of nitrogens with zero attached hydrogens (tertiary/aromatic N) is 3. The lowest BCUT2D eigenvalue weighted by Crippen LogP contribution is -2.45. The molecule has 1 saturated heterocycles. The summed E-state index contributed by atoms with van der Waals surface area (Å²) in [6.45, 7) is 8.75. The van der Waals surface area contributed by atoms with Gasteiger partial charge in [0.1, 0.15) is 0 Å². The van der Waals surface area contributed by atoms with Crippen LogP contribution >= 0.6 is 11.3 Å². The van der Waals surface area contributed by atoms with Crippen LogP contribution in [-0.2, 0) is 16.0 Å². The van der Waals surface area contributed by atoms with E-state index in [1.807, 2.05) is 36.0 Å². The third kappa shape index (κ3) is 4.77. The summed E-state index contributed by atoms with van der Waals surface area (Å²) >= 11 is 1.64. The number of hydrogen-bond acceptors (Lipinski definition) is 4. The Kier molecular flexibility index (Phi) is 6.57. The predicted molar refractivity (Wildman–Crippen MR) is 92.2 cm³/mol. The van der Waals surface area contributed by atoms with Crippen LogP contribution in [0.2, 0.25) is 0 Å². The van der Waals surface area contributed by atoms with E-state index in [4.69, 9.17) is 0 Å². The summed E-state index contributed by atoms with van der Waals surface area (Å²) in [4.78, 5) is 32.8. The van der Waals surface area contributed by atoms with E-state index >= 15 is 0 Å². The Labute approximate surface area is 142 Å². The molecule has 128 valence electrons. The first kappa shape index (κ1) is 17.9. The molecule has 2 amide bonds. The third-order valence-electron chi connectivity index (χ3n) is 4.42. The second kappa shape index (κ2) is 8.43. The highest BCUT2D eigenvalue weighted by atomic mass is 32.1. The van der Waals surface area contributed by atoms with Gasteiger partial charge in [-0.05, 0) is 19.8 Å². The standard InChI is InChI=1S/C17H27N3O2S/c1-4-19(11-7-15-18-8-12-23-15)17(22)14-5-9-20(10-6-14)16(21)13(2)3/h8,12-14H,4-7,9-11H2,1-3H3. The summed E-state index contributed by atoms with van der Waals surface area (Å²) in [6.07, 6.45) is 4.19. The fraction of sp³-hybridized carbons (Fsp3) is 0.706. The molecule has 5 nitrogen and oxygen atoms in total. The van der Waals surface area contributed by atoms with Crippen molar-refractivity contribution in [3.8, 4) is 0 Å². The summed E-state index contributed by atoms with van der Waals surface area (Å²) < 4.78 is 0. The van der Waals surface area contributed by atoms with Gasteiger partial charge < -0.3 is 9.80 Å². The Morgan fingerprint density at radius 1 is 1.39 bits per heavy atom. The van der Waals surface area contributed by atoms with Crippen molar-refractivity contribution in [3.63, 3.8) is 0 Å². The normalized spacial score (nSPS) is 15.9.